The van der Waals surface area contributed by atoms with Crippen molar-refractivity contribution in [3.05, 3.63) is 20.8 Å². The topological polar surface area (TPSA) is 32.3 Å². The van der Waals surface area contributed by atoms with Crippen LogP contribution in [0.15, 0.2) is 15.2 Å². The van der Waals surface area contributed by atoms with Crippen molar-refractivity contribution >= 4 is 33.2 Å². The van der Waals surface area contributed by atoms with Gasteiger partial charge in [0.05, 0.1) is 9.35 Å². The molecule has 1 aliphatic carbocycles. The molecule has 1 atom stereocenters. The van der Waals surface area contributed by atoms with Crippen LogP contribution in [0, 0.1) is 0 Å². The van der Waals surface area contributed by atoms with Gasteiger partial charge >= 0.3 is 0 Å². The first-order valence-corrected chi connectivity index (χ1v) is 8.69. The monoisotopic (exact) mass is 342 g/mol. The lowest BCUT2D eigenvalue weighted by Crippen LogP contribution is -2.46. The third-order valence-corrected chi connectivity index (χ3v) is 5.40. The fourth-order valence-corrected chi connectivity index (χ4v) is 3.82. The van der Waals surface area contributed by atoms with Gasteiger partial charge in [-0.2, -0.15) is 0 Å². The van der Waals surface area contributed by atoms with Crippen molar-refractivity contribution in [3.8, 4) is 0 Å². The van der Waals surface area contributed by atoms with Crippen LogP contribution in [0.3, 0.4) is 0 Å². The Morgan fingerprint density at radius 2 is 2.26 bits per heavy atom. The molecule has 2 heterocycles. The van der Waals surface area contributed by atoms with Gasteiger partial charge in [-0.25, -0.2) is 0 Å². The summed E-state index contributed by atoms with van der Waals surface area (Å²) in [6.07, 6.45) is 6.09. The van der Waals surface area contributed by atoms with Gasteiger partial charge in [0.2, 0.25) is 0 Å². The highest BCUT2D eigenvalue weighted by atomic mass is 79.9. The molecular formula is C14H19BrN2OS. The Kier molecular flexibility index (Phi) is 4.24. The Morgan fingerprint density at radius 1 is 1.42 bits per heavy atom. The number of hydrogen-bond acceptors (Lipinski definition) is 3. The van der Waals surface area contributed by atoms with Gasteiger partial charge in [-0.1, -0.05) is 6.42 Å². The molecule has 0 aromatic carbocycles. The van der Waals surface area contributed by atoms with Gasteiger partial charge in [0.1, 0.15) is 0 Å². The number of halogens is 1. The fourth-order valence-electron chi connectivity index (χ4n) is 2.69. The normalized spacial score (nSPS) is 23.3. The average Bonchev–Trinajstić information content (AvgIpc) is 3.18. The van der Waals surface area contributed by atoms with Crippen molar-refractivity contribution in [2.75, 3.05) is 13.1 Å². The van der Waals surface area contributed by atoms with E-state index in [-0.39, 0.29) is 5.91 Å². The van der Waals surface area contributed by atoms with Gasteiger partial charge in [-0.05, 0) is 54.2 Å². The highest BCUT2D eigenvalue weighted by Gasteiger charge is 2.34. The van der Waals surface area contributed by atoms with Gasteiger partial charge in [-0.3, -0.25) is 4.79 Å². The summed E-state index contributed by atoms with van der Waals surface area (Å²) in [5, 5.41) is 5.50. The Morgan fingerprint density at radius 3 is 2.84 bits per heavy atom. The minimum Gasteiger partial charge on any atom is -0.334 e. The van der Waals surface area contributed by atoms with Crippen LogP contribution in [0.25, 0.3) is 0 Å². The summed E-state index contributed by atoms with van der Waals surface area (Å²) < 4.78 is 1.03. The number of nitrogens with one attached hydrogen (secondary N) is 1. The molecule has 104 valence electrons. The molecule has 1 aromatic rings. The van der Waals surface area contributed by atoms with Crippen molar-refractivity contribution in [2.24, 2.45) is 0 Å². The summed E-state index contributed by atoms with van der Waals surface area (Å²) in [6.45, 7) is 1.97. The molecule has 1 aromatic heterocycles. The number of amides is 1. The van der Waals surface area contributed by atoms with Crippen molar-refractivity contribution in [2.45, 2.75) is 44.2 Å². The van der Waals surface area contributed by atoms with Crippen LogP contribution in [0.5, 0.6) is 0 Å². The molecule has 1 N–H and O–H groups in total. The second kappa shape index (κ2) is 5.94. The van der Waals surface area contributed by atoms with E-state index < -0.39 is 0 Å². The molecule has 2 fully saturated rings. The Labute approximate surface area is 126 Å². The molecule has 19 heavy (non-hydrogen) atoms. The van der Waals surface area contributed by atoms with Crippen LogP contribution in [0.4, 0.5) is 0 Å². The summed E-state index contributed by atoms with van der Waals surface area (Å²) in [4.78, 5) is 14.7. The van der Waals surface area contributed by atoms with E-state index in [2.05, 4.69) is 26.1 Å². The SMILES string of the molecule is O=C(c1csc(Br)c1)N(CC1CCCCN1)C1CC1. The number of hydrogen-bond donors (Lipinski definition) is 1. The molecule has 1 amide bonds. The Bertz CT molecular complexity index is 452. The lowest BCUT2D eigenvalue weighted by atomic mass is 10.0. The van der Waals surface area contributed by atoms with Gasteiger partial charge in [0, 0.05) is 24.0 Å². The summed E-state index contributed by atoms with van der Waals surface area (Å²) in [5.41, 5.74) is 0.833. The van der Waals surface area contributed by atoms with Crippen LogP contribution in [0.2, 0.25) is 0 Å². The lowest BCUT2D eigenvalue weighted by molar-refractivity contribution is 0.0718. The second-order valence-electron chi connectivity index (χ2n) is 5.48. The molecule has 1 unspecified atom stereocenters. The maximum Gasteiger partial charge on any atom is 0.255 e. The van der Waals surface area contributed by atoms with Crippen LogP contribution in [-0.4, -0.2) is 36.0 Å². The van der Waals surface area contributed by atoms with Gasteiger partial charge < -0.3 is 10.2 Å². The fraction of sp³-hybridized carbons (Fsp3) is 0.643. The van der Waals surface area contributed by atoms with Crippen molar-refractivity contribution in [1.82, 2.24) is 10.2 Å². The highest BCUT2D eigenvalue weighted by Crippen LogP contribution is 2.30. The molecule has 5 heteroatoms. The summed E-state index contributed by atoms with van der Waals surface area (Å²) in [7, 11) is 0. The smallest absolute Gasteiger partial charge is 0.255 e. The number of carbonyl (C=O) groups is 1. The lowest BCUT2D eigenvalue weighted by Gasteiger charge is -2.30. The van der Waals surface area contributed by atoms with Gasteiger partial charge in [0.25, 0.3) is 5.91 Å². The molecule has 0 spiro atoms. The van der Waals surface area contributed by atoms with Crippen molar-refractivity contribution < 1.29 is 4.79 Å². The van der Waals surface area contributed by atoms with E-state index in [1.54, 1.807) is 11.3 Å². The predicted molar refractivity (Wildman–Crippen MR) is 81.7 cm³/mol. The summed E-state index contributed by atoms with van der Waals surface area (Å²) in [6, 6.07) is 2.91. The zero-order valence-electron chi connectivity index (χ0n) is 10.9. The first-order valence-electron chi connectivity index (χ1n) is 7.02. The van der Waals surface area contributed by atoms with E-state index in [0.717, 1.165) is 22.4 Å². The average molecular weight is 343 g/mol. The van der Waals surface area contributed by atoms with Gasteiger partial charge in [0.15, 0.2) is 0 Å². The summed E-state index contributed by atoms with van der Waals surface area (Å²) >= 11 is 5.02. The third kappa shape index (κ3) is 3.38. The number of carbonyl (C=O) groups excluding carboxylic acids is 1. The van der Waals surface area contributed by atoms with Gasteiger partial charge in [-0.15, -0.1) is 11.3 Å². The number of rotatable bonds is 4. The zero-order chi connectivity index (χ0) is 13.2. The largest absolute Gasteiger partial charge is 0.334 e. The standard InChI is InChI=1S/C14H19BrN2OS/c15-13-7-10(9-19-13)14(18)17(12-4-5-12)8-11-3-1-2-6-16-11/h7,9,11-12,16H,1-6,8H2. The Balaban J connectivity index is 1.68. The maximum atomic E-state index is 12.6. The minimum absolute atomic E-state index is 0.205. The second-order valence-corrected chi connectivity index (χ2v) is 7.77. The van der Waals surface area contributed by atoms with Crippen molar-refractivity contribution in [1.29, 1.82) is 0 Å². The molecule has 1 saturated heterocycles. The van der Waals surface area contributed by atoms with E-state index in [9.17, 15) is 4.79 Å². The molecule has 1 aliphatic heterocycles. The molecule has 1 saturated carbocycles. The van der Waals surface area contributed by atoms with Crippen LogP contribution in [0.1, 0.15) is 42.5 Å². The van der Waals surface area contributed by atoms with Crippen LogP contribution >= 0.6 is 27.3 Å². The maximum absolute atomic E-state index is 12.6. The molecule has 3 rings (SSSR count). The molecule has 3 nitrogen and oxygen atoms in total. The van der Waals surface area contributed by atoms with E-state index in [4.69, 9.17) is 0 Å². The third-order valence-electron chi connectivity index (χ3n) is 3.89. The number of thiophene rings is 1. The first-order chi connectivity index (χ1) is 9.24. The number of nitrogens with zero attached hydrogens (tertiary/aromatic N) is 1. The molecule has 0 bridgehead atoms. The first kappa shape index (κ1) is 13.6. The van der Waals surface area contributed by atoms with E-state index in [1.165, 1.54) is 32.1 Å². The number of piperidine rings is 1. The zero-order valence-corrected chi connectivity index (χ0v) is 13.3. The van der Waals surface area contributed by atoms with E-state index in [0.29, 0.717) is 12.1 Å². The van der Waals surface area contributed by atoms with Crippen molar-refractivity contribution in [3.63, 3.8) is 0 Å². The minimum atomic E-state index is 0.205. The quantitative estimate of drug-likeness (QED) is 0.910. The Hall–Kier alpha value is -0.390. The van der Waals surface area contributed by atoms with Crippen LogP contribution in [-0.2, 0) is 0 Å². The van der Waals surface area contributed by atoms with E-state index in [1.807, 2.05) is 11.4 Å². The highest BCUT2D eigenvalue weighted by molar-refractivity contribution is 9.11. The van der Waals surface area contributed by atoms with E-state index >= 15 is 0 Å². The van der Waals surface area contributed by atoms with Crippen LogP contribution < -0.4 is 5.32 Å². The summed E-state index contributed by atoms with van der Waals surface area (Å²) in [5.74, 6) is 0.205. The predicted octanol–water partition coefficient (Wildman–Crippen LogP) is 3.26. The molecule has 2 aliphatic rings. The molecule has 0 radical (unpaired) electrons. The molecular weight excluding hydrogens is 324 g/mol.